The van der Waals surface area contributed by atoms with Gasteiger partial charge < -0.3 is 10.2 Å². The molecule has 3 saturated heterocycles. The summed E-state index contributed by atoms with van der Waals surface area (Å²) >= 11 is 0. The molecule has 1 aromatic carbocycles. The highest BCUT2D eigenvalue weighted by Crippen LogP contribution is 2.43. The summed E-state index contributed by atoms with van der Waals surface area (Å²) in [6.45, 7) is 3.82. The second-order valence-electron chi connectivity index (χ2n) is 7.99. The van der Waals surface area contributed by atoms with Crippen LogP contribution in [0.4, 0.5) is 10.1 Å². The lowest BCUT2D eigenvalue weighted by Crippen LogP contribution is -2.46. The number of amides is 2. The van der Waals surface area contributed by atoms with Gasteiger partial charge in [0.2, 0.25) is 11.8 Å². The van der Waals surface area contributed by atoms with E-state index in [0.29, 0.717) is 11.1 Å². The number of rotatable bonds is 2. The number of nitrogens with zero attached hydrogens (tertiary/aromatic N) is 1. The fourth-order valence-corrected chi connectivity index (χ4v) is 4.85. The SMILES string of the molecule is O=C1CC(c2cccc(F)c2N2CCC3(CCNCC3)CC2)CC(=O)N1. The number of carbonyl (C=O) groups is 2. The van der Waals surface area contributed by atoms with E-state index in [0.717, 1.165) is 44.6 Å². The molecule has 0 unspecified atom stereocenters. The minimum absolute atomic E-state index is 0.239. The van der Waals surface area contributed by atoms with E-state index in [1.54, 1.807) is 6.07 Å². The van der Waals surface area contributed by atoms with Gasteiger partial charge in [-0.15, -0.1) is 0 Å². The molecule has 3 heterocycles. The van der Waals surface area contributed by atoms with Crippen molar-refractivity contribution in [3.63, 3.8) is 0 Å². The summed E-state index contributed by atoms with van der Waals surface area (Å²) in [5.41, 5.74) is 1.80. The Morgan fingerprint density at radius 3 is 2.31 bits per heavy atom. The van der Waals surface area contributed by atoms with E-state index in [4.69, 9.17) is 0 Å². The zero-order valence-corrected chi connectivity index (χ0v) is 15.0. The number of hydrogen-bond donors (Lipinski definition) is 2. The van der Waals surface area contributed by atoms with Gasteiger partial charge in [-0.3, -0.25) is 14.9 Å². The lowest BCUT2D eigenvalue weighted by molar-refractivity contribution is -0.133. The van der Waals surface area contributed by atoms with E-state index in [9.17, 15) is 14.0 Å². The van der Waals surface area contributed by atoms with Crippen LogP contribution in [-0.4, -0.2) is 38.0 Å². The number of hydrogen-bond acceptors (Lipinski definition) is 4. The van der Waals surface area contributed by atoms with E-state index in [1.807, 2.05) is 6.07 Å². The van der Waals surface area contributed by atoms with Gasteiger partial charge >= 0.3 is 0 Å². The largest absolute Gasteiger partial charge is 0.369 e. The molecule has 0 bridgehead atoms. The number of imide groups is 1. The molecular formula is C20H26FN3O2. The van der Waals surface area contributed by atoms with E-state index >= 15 is 0 Å². The second kappa shape index (κ2) is 6.99. The average Bonchev–Trinajstić information content (AvgIpc) is 2.62. The van der Waals surface area contributed by atoms with Crippen molar-refractivity contribution in [1.29, 1.82) is 0 Å². The van der Waals surface area contributed by atoms with Crippen LogP contribution in [-0.2, 0) is 9.59 Å². The third-order valence-corrected chi connectivity index (χ3v) is 6.40. The maximum Gasteiger partial charge on any atom is 0.227 e. The standard InChI is InChI=1S/C20H26FN3O2/c21-16-3-1-2-15(14-12-17(25)23-18(26)13-14)19(16)24-10-6-20(7-11-24)4-8-22-9-5-20/h1-3,14,22H,4-13H2,(H,23,25,26). The maximum atomic E-state index is 14.8. The Bertz CT molecular complexity index is 689. The molecule has 4 rings (SSSR count). The number of piperidine rings is 3. The second-order valence-corrected chi connectivity index (χ2v) is 7.99. The molecule has 2 N–H and O–H groups in total. The van der Waals surface area contributed by atoms with Crippen molar-refractivity contribution in [2.75, 3.05) is 31.1 Å². The molecule has 0 saturated carbocycles. The molecule has 2 amide bonds. The van der Waals surface area contributed by atoms with Crippen molar-refractivity contribution in [2.24, 2.45) is 5.41 Å². The number of nitrogens with one attached hydrogen (secondary N) is 2. The minimum atomic E-state index is -0.270. The molecule has 0 atom stereocenters. The average molecular weight is 359 g/mol. The molecular weight excluding hydrogens is 333 g/mol. The predicted molar refractivity (Wildman–Crippen MR) is 97.5 cm³/mol. The van der Waals surface area contributed by atoms with Crippen molar-refractivity contribution >= 4 is 17.5 Å². The molecule has 1 aromatic rings. The lowest BCUT2D eigenvalue weighted by Gasteiger charge is -2.45. The number of para-hydroxylation sites is 1. The van der Waals surface area contributed by atoms with Crippen molar-refractivity contribution < 1.29 is 14.0 Å². The van der Waals surface area contributed by atoms with Gasteiger partial charge in [-0.2, -0.15) is 0 Å². The number of carbonyl (C=O) groups excluding carboxylic acids is 2. The molecule has 0 radical (unpaired) electrons. The van der Waals surface area contributed by atoms with Gasteiger partial charge in [0.1, 0.15) is 5.82 Å². The van der Waals surface area contributed by atoms with E-state index in [2.05, 4.69) is 15.5 Å². The van der Waals surface area contributed by atoms with Gasteiger partial charge in [-0.05, 0) is 55.8 Å². The van der Waals surface area contributed by atoms with Crippen LogP contribution in [0.5, 0.6) is 0 Å². The van der Waals surface area contributed by atoms with Crippen LogP contribution >= 0.6 is 0 Å². The van der Waals surface area contributed by atoms with E-state index < -0.39 is 0 Å². The van der Waals surface area contributed by atoms with Crippen LogP contribution in [0.3, 0.4) is 0 Å². The van der Waals surface area contributed by atoms with Gasteiger partial charge in [0.15, 0.2) is 0 Å². The first-order valence-corrected chi connectivity index (χ1v) is 9.63. The Morgan fingerprint density at radius 1 is 1.00 bits per heavy atom. The highest BCUT2D eigenvalue weighted by molar-refractivity contribution is 5.98. The predicted octanol–water partition coefficient (Wildman–Crippen LogP) is 2.32. The third-order valence-electron chi connectivity index (χ3n) is 6.40. The molecule has 26 heavy (non-hydrogen) atoms. The van der Waals surface area contributed by atoms with Crippen molar-refractivity contribution in [3.8, 4) is 0 Å². The van der Waals surface area contributed by atoms with Crippen molar-refractivity contribution in [2.45, 2.75) is 44.4 Å². The highest BCUT2D eigenvalue weighted by Gasteiger charge is 2.37. The summed E-state index contributed by atoms with van der Waals surface area (Å²) in [5, 5.41) is 5.77. The number of halogens is 1. The van der Waals surface area contributed by atoms with Crippen molar-refractivity contribution in [3.05, 3.63) is 29.6 Å². The van der Waals surface area contributed by atoms with Gasteiger partial charge in [0.05, 0.1) is 5.69 Å². The fraction of sp³-hybridized carbons (Fsp3) is 0.600. The lowest BCUT2D eigenvalue weighted by atomic mass is 9.71. The summed E-state index contributed by atoms with van der Waals surface area (Å²) in [7, 11) is 0. The maximum absolute atomic E-state index is 14.8. The molecule has 0 aromatic heterocycles. The molecule has 6 heteroatoms. The topological polar surface area (TPSA) is 61.4 Å². The molecule has 3 aliphatic heterocycles. The fourth-order valence-electron chi connectivity index (χ4n) is 4.85. The van der Waals surface area contributed by atoms with Crippen LogP contribution in [0.25, 0.3) is 0 Å². The molecule has 140 valence electrons. The first-order valence-electron chi connectivity index (χ1n) is 9.63. The van der Waals surface area contributed by atoms with Gasteiger partial charge in [-0.25, -0.2) is 4.39 Å². The Balaban J connectivity index is 1.57. The zero-order chi connectivity index (χ0) is 18.1. The normalized spacial score (nSPS) is 24.0. The van der Waals surface area contributed by atoms with E-state index in [1.165, 1.54) is 18.9 Å². The smallest absolute Gasteiger partial charge is 0.227 e. The number of anilines is 1. The monoisotopic (exact) mass is 359 g/mol. The van der Waals surface area contributed by atoms with Crippen LogP contribution in [0.1, 0.15) is 50.0 Å². The van der Waals surface area contributed by atoms with Crippen LogP contribution < -0.4 is 15.5 Å². The number of benzene rings is 1. The summed E-state index contributed by atoms with van der Waals surface area (Å²) in [4.78, 5) is 25.7. The zero-order valence-electron chi connectivity index (χ0n) is 15.0. The summed E-state index contributed by atoms with van der Waals surface area (Å²) in [5.74, 6) is -1.03. The van der Waals surface area contributed by atoms with Crippen LogP contribution in [0.15, 0.2) is 18.2 Å². The first kappa shape index (κ1) is 17.5. The van der Waals surface area contributed by atoms with Gasteiger partial charge in [0.25, 0.3) is 0 Å². The third kappa shape index (κ3) is 3.34. The van der Waals surface area contributed by atoms with Gasteiger partial charge in [-0.1, -0.05) is 12.1 Å². The Morgan fingerprint density at radius 2 is 1.65 bits per heavy atom. The Kier molecular flexibility index (Phi) is 4.69. The van der Waals surface area contributed by atoms with Crippen molar-refractivity contribution in [1.82, 2.24) is 10.6 Å². The molecule has 1 spiro atoms. The highest BCUT2D eigenvalue weighted by atomic mass is 19.1. The molecule has 0 aliphatic carbocycles. The van der Waals surface area contributed by atoms with Gasteiger partial charge in [0, 0.05) is 31.8 Å². The van der Waals surface area contributed by atoms with E-state index in [-0.39, 0.29) is 36.4 Å². The Labute approximate surface area is 153 Å². The quantitative estimate of drug-likeness (QED) is 0.796. The summed E-state index contributed by atoms with van der Waals surface area (Å²) in [6.07, 6.45) is 5.03. The van der Waals surface area contributed by atoms with Crippen LogP contribution in [0.2, 0.25) is 0 Å². The summed E-state index contributed by atoms with van der Waals surface area (Å²) in [6, 6.07) is 5.05. The Hall–Kier alpha value is -1.95. The molecule has 3 fully saturated rings. The summed E-state index contributed by atoms with van der Waals surface area (Å²) < 4.78 is 14.8. The molecule has 3 aliphatic rings. The first-order chi connectivity index (χ1) is 12.6. The molecule has 5 nitrogen and oxygen atoms in total. The minimum Gasteiger partial charge on any atom is -0.369 e. The van der Waals surface area contributed by atoms with Crippen LogP contribution in [0, 0.1) is 11.2 Å².